The van der Waals surface area contributed by atoms with Crippen molar-refractivity contribution in [3.8, 4) is 0 Å². The topological polar surface area (TPSA) is 12.0 Å². The molecule has 0 aliphatic heterocycles. The molecule has 1 aromatic rings. The second kappa shape index (κ2) is 6.77. The van der Waals surface area contributed by atoms with E-state index in [1.165, 1.54) is 28.6 Å². The predicted octanol–water partition coefficient (Wildman–Crippen LogP) is 4.47. The van der Waals surface area contributed by atoms with E-state index in [9.17, 15) is 0 Å². The molecule has 1 aromatic heterocycles. The van der Waals surface area contributed by atoms with Crippen molar-refractivity contribution in [3.05, 3.63) is 20.8 Å². The first kappa shape index (κ1) is 14.2. The van der Waals surface area contributed by atoms with Gasteiger partial charge in [0.1, 0.15) is 0 Å². The zero-order valence-electron chi connectivity index (χ0n) is 10.5. The summed E-state index contributed by atoms with van der Waals surface area (Å²) in [7, 11) is 0. The van der Waals surface area contributed by atoms with Crippen molar-refractivity contribution in [1.29, 1.82) is 0 Å². The van der Waals surface area contributed by atoms with Crippen LogP contribution in [0, 0.1) is 5.41 Å². The Bertz CT molecular complexity index is 311. The molecule has 0 aliphatic rings. The summed E-state index contributed by atoms with van der Waals surface area (Å²) in [5.41, 5.74) is 0.387. The summed E-state index contributed by atoms with van der Waals surface area (Å²) in [4.78, 5) is 1.48. The Labute approximate surface area is 112 Å². The molecule has 0 aromatic carbocycles. The zero-order chi connectivity index (χ0) is 12.0. The van der Waals surface area contributed by atoms with E-state index in [1.54, 1.807) is 0 Å². The monoisotopic (exact) mass is 303 g/mol. The van der Waals surface area contributed by atoms with Gasteiger partial charge in [-0.2, -0.15) is 0 Å². The number of halogens is 1. The molecular weight excluding hydrogens is 282 g/mol. The smallest absolute Gasteiger partial charge is 0.0314 e. The highest BCUT2D eigenvalue weighted by Crippen LogP contribution is 2.33. The van der Waals surface area contributed by atoms with Gasteiger partial charge in [-0.3, -0.25) is 0 Å². The molecule has 1 atom stereocenters. The van der Waals surface area contributed by atoms with Gasteiger partial charge in [0.2, 0.25) is 0 Å². The second-order valence-corrected chi connectivity index (χ2v) is 6.56. The van der Waals surface area contributed by atoms with Crippen molar-refractivity contribution in [1.82, 2.24) is 5.32 Å². The SMILES string of the molecule is CCCC(C)(CNCC)Cc1sccc1Br. The number of rotatable bonds is 7. The average Bonchev–Trinajstić information content (AvgIpc) is 2.62. The Morgan fingerprint density at radius 1 is 1.44 bits per heavy atom. The van der Waals surface area contributed by atoms with Crippen LogP contribution < -0.4 is 5.32 Å². The molecule has 1 rings (SSSR count). The standard InChI is InChI=1S/C13H22BrNS/c1-4-7-13(3,10-15-5-2)9-12-11(14)6-8-16-12/h6,8,15H,4-5,7,9-10H2,1-3H3. The van der Waals surface area contributed by atoms with Crippen LogP contribution in [-0.4, -0.2) is 13.1 Å². The summed E-state index contributed by atoms with van der Waals surface area (Å²) in [5.74, 6) is 0. The van der Waals surface area contributed by atoms with E-state index >= 15 is 0 Å². The summed E-state index contributed by atoms with van der Waals surface area (Å²) >= 11 is 5.49. The molecule has 1 N–H and O–H groups in total. The van der Waals surface area contributed by atoms with Crippen LogP contribution >= 0.6 is 27.3 Å². The maximum atomic E-state index is 3.63. The van der Waals surface area contributed by atoms with E-state index in [-0.39, 0.29) is 0 Å². The molecule has 3 heteroatoms. The minimum atomic E-state index is 0.387. The Balaban J connectivity index is 2.66. The van der Waals surface area contributed by atoms with Crippen molar-refractivity contribution in [2.24, 2.45) is 5.41 Å². The van der Waals surface area contributed by atoms with E-state index in [1.807, 2.05) is 11.3 Å². The van der Waals surface area contributed by atoms with Gasteiger partial charge < -0.3 is 5.32 Å². The predicted molar refractivity (Wildman–Crippen MR) is 77.3 cm³/mol. The third-order valence-electron chi connectivity index (χ3n) is 2.93. The first-order chi connectivity index (χ1) is 7.61. The fraction of sp³-hybridized carbons (Fsp3) is 0.692. The highest BCUT2D eigenvalue weighted by Gasteiger charge is 2.24. The van der Waals surface area contributed by atoms with Gasteiger partial charge in [0.25, 0.3) is 0 Å². The number of hydrogen-bond donors (Lipinski definition) is 1. The van der Waals surface area contributed by atoms with Crippen LogP contribution in [0.3, 0.4) is 0 Å². The second-order valence-electron chi connectivity index (χ2n) is 4.71. The summed E-state index contributed by atoms with van der Waals surface area (Å²) in [6.07, 6.45) is 3.71. The highest BCUT2D eigenvalue weighted by molar-refractivity contribution is 9.10. The lowest BCUT2D eigenvalue weighted by atomic mass is 9.81. The van der Waals surface area contributed by atoms with Crippen molar-refractivity contribution >= 4 is 27.3 Å². The van der Waals surface area contributed by atoms with Crippen molar-refractivity contribution in [2.75, 3.05) is 13.1 Å². The van der Waals surface area contributed by atoms with Gasteiger partial charge in [-0.1, -0.05) is 27.2 Å². The normalized spacial score (nSPS) is 15.0. The van der Waals surface area contributed by atoms with E-state index in [4.69, 9.17) is 0 Å². The molecule has 0 radical (unpaired) electrons. The van der Waals surface area contributed by atoms with Gasteiger partial charge in [-0.05, 0) is 52.2 Å². The molecule has 92 valence electrons. The van der Waals surface area contributed by atoms with Gasteiger partial charge >= 0.3 is 0 Å². The molecule has 1 heterocycles. The number of nitrogens with one attached hydrogen (secondary N) is 1. The third-order valence-corrected chi connectivity index (χ3v) is 4.86. The van der Waals surface area contributed by atoms with E-state index in [0.29, 0.717) is 5.41 Å². The Kier molecular flexibility index (Phi) is 6.01. The molecule has 0 amide bonds. The molecular formula is C13H22BrNS. The minimum absolute atomic E-state index is 0.387. The Hall–Kier alpha value is 0.140. The molecule has 0 saturated carbocycles. The van der Waals surface area contributed by atoms with Crippen LogP contribution in [-0.2, 0) is 6.42 Å². The Morgan fingerprint density at radius 3 is 2.69 bits per heavy atom. The van der Waals surface area contributed by atoms with Crippen molar-refractivity contribution in [3.63, 3.8) is 0 Å². The van der Waals surface area contributed by atoms with Crippen LogP contribution in [0.1, 0.15) is 38.5 Å². The van der Waals surface area contributed by atoms with Crippen molar-refractivity contribution < 1.29 is 0 Å². The molecule has 0 aliphatic carbocycles. The molecule has 0 bridgehead atoms. The van der Waals surface area contributed by atoms with Gasteiger partial charge in [-0.25, -0.2) is 0 Å². The van der Waals surface area contributed by atoms with Crippen LogP contribution in [0.4, 0.5) is 0 Å². The summed E-state index contributed by atoms with van der Waals surface area (Å²) in [6, 6.07) is 2.15. The van der Waals surface area contributed by atoms with E-state index in [0.717, 1.165) is 13.1 Å². The maximum Gasteiger partial charge on any atom is 0.0314 e. The Morgan fingerprint density at radius 2 is 2.19 bits per heavy atom. The lowest BCUT2D eigenvalue weighted by Gasteiger charge is -2.29. The molecule has 16 heavy (non-hydrogen) atoms. The number of thiophene rings is 1. The molecule has 1 nitrogen and oxygen atoms in total. The first-order valence-electron chi connectivity index (χ1n) is 6.04. The number of hydrogen-bond acceptors (Lipinski definition) is 2. The van der Waals surface area contributed by atoms with E-state index in [2.05, 4.69) is 53.5 Å². The molecule has 1 unspecified atom stereocenters. The lowest BCUT2D eigenvalue weighted by molar-refractivity contribution is 0.279. The van der Waals surface area contributed by atoms with Gasteiger partial charge in [0.15, 0.2) is 0 Å². The van der Waals surface area contributed by atoms with Gasteiger partial charge in [-0.15, -0.1) is 11.3 Å². The first-order valence-corrected chi connectivity index (χ1v) is 7.71. The summed E-state index contributed by atoms with van der Waals surface area (Å²) in [5, 5.41) is 5.66. The van der Waals surface area contributed by atoms with Gasteiger partial charge in [0.05, 0.1) is 0 Å². The highest BCUT2D eigenvalue weighted by atomic mass is 79.9. The van der Waals surface area contributed by atoms with Crippen LogP contribution in [0.15, 0.2) is 15.9 Å². The summed E-state index contributed by atoms with van der Waals surface area (Å²) < 4.78 is 1.27. The van der Waals surface area contributed by atoms with Crippen molar-refractivity contribution in [2.45, 2.75) is 40.0 Å². The van der Waals surface area contributed by atoms with Crippen LogP contribution in [0.2, 0.25) is 0 Å². The van der Waals surface area contributed by atoms with Crippen LogP contribution in [0.5, 0.6) is 0 Å². The minimum Gasteiger partial charge on any atom is -0.316 e. The maximum absolute atomic E-state index is 3.63. The fourth-order valence-corrected chi connectivity index (χ4v) is 3.82. The fourth-order valence-electron chi connectivity index (χ4n) is 2.11. The summed E-state index contributed by atoms with van der Waals surface area (Å²) in [6.45, 7) is 9.01. The zero-order valence-corrected chi connectivity index (χ0v) is 12.9. The molecule has 0 saturated heterocycles. The van der Waals surface area contributed by atoms with Crippen LogP contribution in [0.25, 0.3) is 0 Å². The quantitative estimate of drug-likeness (QED) is 0.783. The third kappa shape index (κ3) is 4.19. The largest absolute Gasteiger partial charge is 0.316 e. The molecule has 0 spiro atoms. The van der Waals surface area contributed by atoms with E-state index < -0.39 is 0 Å². The van der Waals surface area contributed by atoms with Gasteiger partial charge in [0, 0.05) is 15.9 Å². The lowest BCUT2D eigenvalue weighted by Crippen LogP contribution is -2.33. The average molecular weight is 304 g/mol. The molecule has 0 fully saturated rings.